The molecule has 0 heterocycles. The lowest BCUT2D eigenvalue weighted by Gasteiger charge is -2.23. The van der Waals surface area contributed by atoms with Crippen LogP contribution in [0.2, 0.25) is 0 Å². The van der Waals surface area contributed by atoms with Crippen LogP contribution < -0.4 is 0 Å². The lowest BCUT2D eigenvalue weighted by molar-refractivity contribution is -0.00196. The van der Waals surface area contributed by atoms with Gasteiger partial charge in [0.15, 0.2) is 0 Å². The fourth-order valence-electron chi connectivity index (χ4n) is 3.30. The maximum Gasteiger partial charge on any atom is 0.338 e. The molecule has 3 rings (SSSR count). The monoisotopic (exact) mass is 370 g/mol. The van der Waals surface area contributed by atoms with Crippen molar-refractivity contribution in [2.75, 3.05) is 13.2 Å². The van der Waals surface area contributed by atoms with E-state index in [9.17, 15) is 19.8 Å². The molecule has 1 aliphatic carbocycles. The van der Waals surface area contributed by atoms with E-state index in [2.05, 4.69) is 0 Å². The van der Waals surface area contributed by atoms with Crippen LogP contribution in [0.5, 0.6) is 0 Å². The molecule has 0 radical (unpaired) electrons. The number of hydrogen-bond donors (Lipinski definition) is 2. The summed E-state index contributed by atoms with van der Waals surface area (Å²) >= 11 is 0. The minimum Gasteiger partial charge on any atom is -0.462 e. The van der Waals surface area contributed by atoms with Crippen molar-refractivity contribution in [2.24, 2.45) is 11.8 Å². The molecule has 1 aliphatic rings. The van der Waals surface area contributed by atoms with E-state index in [1.807, 2.05) is 0 Å². The first-order valence-electron chi connectivity index (χ1n) is 8.86. The summed E-state index contributed by atoms with van der Waals surface area (Å²) in [6.07, 6.45) is -1.51. The predicted molar refractivity (Wildman–Crippen MR) is 97.1 cm³/mol. The minimum absolute atomic E-state index is 0.0560. The van der Waals surface area contributed by atoms with E-state index in [1.54, 1.807) is 60.7 Å². The summed E-state index contributed by atoms with van der Waals surface area (Å²) in [5, 5.41) is 20.4. The van der Waals surface area contributed by atoms with Gasteiger partial charge in [0.25, 0.3) is 0 Å². The summed E-state index contributed by atoms with van der Waals surface area (Å²) in [5.41, 5.74) is 0.829. The zero-order chi connectivity index (χ0) is 19.2. The molecule has 6 nitrogen and oxygen atoms in total. The van der Waals surface area contributed by atoms with Crippen LogP contribution in [0.4, 0.5) is 0 Å². The van der Waals surface area contributed by atoms with Crippen LogP contribution in [0.1, 0.15) is 27.1 Å². The molecule has 2 aromatic carbocycles. The molecule has 0 aromatic heterocycles. The Bertz CT molecular complexity index is 695. The molecule has 1 fully saturated rings. The number of carbonyl (C=O) groups excluding carboxylic acids is 2. The van der Waals surface area contributed by atoms with Gasteiger partial charge in [-0.1, -0.05) is 36.4 Å². The maximum absolute atomic E-state index is 12.1. The van der Waals surface area contributed by atoms with Crippen LogP contribution in [-0.2, 0) is 9.47 Å². The molecule has 2 N–H and O–H groups in total. The normalized spacial score (nSPS) is 24.4. The average Bonchev–Trinajstić information content (AvgIpc) is 2.97. The number of carbonyl (C=O) groups is 2. The number of rotatable bonds is 6. The van der Waals surface area contributed by atoms with Crippen molar-refractivity contribution in [1.82, 2.24) is 0 Å². The zero-order valence-electron chi connectivity index (χ0n) is 14.7. The van der Waals surface area contributed by atoms with Crippen molar-refractivity contribution in [3.8, 4) is 0 Å². The zero-order valence-corrected chi connectivity index (χ0v) is 14.7. The number of ether oxygens (including phenoxy) is 2. The molecule has 6 heteroatoms. The van der Waals surface area contributed by atoms with Crippen LogP contribution in [0.3, 0.4) is 0 Å². The van der Waals surface area contributed by atoms with E-state index in [0.717, 1.165) is 0 Å². The van der Waals surface area contributed by atoms with Crippen molar-refractivity contribution in [3.63, 3.8) is 0 Å². The lowest BCUT2D eigenvalue weighted by Crippen LogP contribution is -2.32. The third-order valence-electron chi connectivity index (χ3n) is 4.85. The topological polar surface area (TPSA) is 93.1 Å². The van der Waals surface area contributed by atoms with Crippen LogP contribution in [0.25, 0.3) is 0 Å². The molecule has 0 bridgehead atoms. The molecule has 142 valence electrons. The van der Waals surface area contributed by atoms with Gasteiger partial charge in [-0.25, -0.2) is 9.59 Å². The SMILES string of the molecule is O=C(OCC1C(O)CC(O)C1COC(=O)c1ccccc1)c1ccccc1. The third kappa shape index (κ3) is 4.72. The summed E-state index contributed by atoms with van der Waals surface area (Å²) in [6.45, 7) is -0.112. The molecular formula is C21H22O6. The van der Waals surface area contributed by atoms with Crippen LogP contribution in [0, 0.1) is 11.8 Å². The quantitative estimate of drug-likeness (QED) is 0.756. The Morgan fingerprint density at radius 3 is 1.48 bits per heavy atom. The number of aliphatic hydroxyl groups is 2. The molecule has 0 spiro atoms. The summed E-state index contributed by atoms with van der Waals surface area (Å²) in [5.74, 6) is -2.00. The number of benzene rings is 2. The average molecular weight is 370 g/mol. The van der Waals surface area contributed by atoms with E-state index in [0.29, 0.717) is 11.1 Å². The molecule has 4 unspecified atom stereocenters. The Labute approximate surface area is 157 Å². The first kappa shape index (κ1) is 19.1. The highest BCUT2D eigenvalue weighted by Gasteiger charge is 2.43. The summed E-state index contributed by atoms with van der Waals surface area (Å²) in [7, 11) is 0. The van der Waals surface area contributed by atoms with Gasteiger partial charge in [0, 0.05) is 18.3 Å². The van der Waals surface area contributed by atoms with E-state index in [1.165, 1.54) is 0 Å². The molecule has 1 saturated carbocycles. The largest absolute Gasteiger partial charge is 0.462 e. The highest BCUT2D eigenvalue weighted by Crippen LogP contribution is 2.33. The van der Waals surface area contributed by atoms with Crippen LogP contribution >= 0.6 is 0 Å². The molecule has 0 aliphatic heterocycles. The lowest BCUT2D eigenvalue weighted by atomic mass is 9.95. The summed E-state index contributed by atoms with van der Waals surface area (Å²) in [4.78, 5) is 24.2. The van der Waals surface area contributed by atoms with E-state index >= 15 is 0 Å². The van der Waals surface area contributed by atoms with Gasteiger partial charge >= 0.3 is 11.9 Å². The molecule has 4 atom stereocenters. The van der Waals surface area contributed by atoms with E-state index in [4.69, 9.17) is 9.47 Å². The second kappa shape index (κ2) is 8.79. The Morgan fingerprint density at radius 1 is 0.741 bits per heavy atom. The van der Waals surface area contributed by atoms with Gasteiger partial charge in [-0.3, -0.25) is 0 Å². The van der Waals surface area contributed by atoms with Crippen molar-refractivity contribution >= 4 is 11.9 Å². The predicted octanol–water partition coefficient (Wildman–Crippen LogP) is 2.06. The Kier molecular flexibility index (Phi) is 6.21. The molecular weight excluding hydrogens is 348 g/mol. The second-order valence-corrected chi connectivity index (χ2v) is 6.63. The van der Waals surface area contributed by atoms with Gasteiger partial charge in [-0.2, -0.15) is 0 Å². The first-order valence-corrected chi connectivity index (χ1v) is 8.86. The second-order valence-electron chi connectivity index (χ2n) is 6.63. The molecule has 2 aromatic rings. The fourth-order valence-corrected chi connectivity index (χ4v) is 3.30. The van der Waals surface area contributed by atoms with Gasteiger partial charge in [0.1, 0.15) is 0 Å². The van der Waals surface area contributed by atoms with Gasteiger partial charge in [0.05, 0.1) is 36.5 Å². The van der Waals surface area contributed by atoms with Gasteiger partial charge in [-0.15, -0.1) is 0 Å². The third-order valence-corrected chi connectivity index (χ3v) is 4.85. The number of aliphatic hydroxyl groups excluding tert-OH is 2. The minimum atomic E-state index is -0.830. The van der Waals surface area contributed by atoms with Crippen molar-refractivity contribution < 1.29 is 29.3 Å². The standard InChI is InChI=1S/C21H22O6/c22-18-11-19(23)17(13-27-21(25)15-9-5-2-6-10-15)16(18)12-26-20(24)14-7-3-1-4-8-14/h1-10,16-19,22-23H,11-13H2. The smallest absolute Gasteiger partial charge is 0.338 e. The fraction of sp³-hybridized carbons (Fsp3) is 0.333. The van der Waals surface area contributed by atoms with Crippen molar-refractivity contribution in [1.29, 1.82) is 0 Å². The molecule has 0 amide bonds. The Balaban J connectivity index is 1.58. The summed E-state index contributed by atoms with van der Waals surface area (Å²) < 4.78 is 10.6. The Hall–Kier alpha value is -2.70. The van der Waals surface area contributed by atoms with Gasteiger partial charge in [-0.05, 0) is 24.3 Å². The first-order chi connectivity index (χ1) is 13.1. The van der Waals surface area contributed by atoms with Crippen molar-refractivity contribution in [3.05, 3.63) is 71.8 Å². The molecule has 0 saturated heterocycles. The molecule has 27 heavy (non-hydrogen) atoms. The summed E-state index contributed by atoms with van der Waals surface area (Å²) in [6, 6.07) is 17.1. The maximum atomic E-state index is 12.1. The number of esters is 2. The van der Waals surface area contributed by atoms with E-state index in [-0.39, 0.29) is 19.6 Å². The van der Waals surface area contributed by atoms with Crippen LogP contribution in [-0.4, -0.2) is 47.6 Å². The van der Waals surface area contributed by atoms with Gasteiger partial charge < -0.3 is 19.7 Å². The highest BCUT2D eigenvalue weighted by molar-refractivity contribution is 5.89. The number of hydrogen-bond acceptors (Lipinski definition) is 6. The van der Waals surface area contributed by atoms with E-state index < -0.39 is 36.0 Å². The Morgan fingerprint density at radius 2 is 1.11 bits per heavy atom. The van der Waals surface area contributed by atoms with Gasteiger partial charge in [0.2, 0.25) is 0 Å². The van der Waals surface area contributed by atoms with Crippen LogP contribution in [0.15, 0.2) is 60.7 Å². The highest BCUT2D eigenvalue weighted by atomic mass is 16.5. The van der Waals surface area contributed by atoms with Crippen molar-refractivity contribution in [2.45, 2.75) is 18.6 Å².